The Bertz CT molecular complexity index is 2290. The van der Waals surface area contributed by atoms with Gasteiger partial charge in [0.25, 0.3) is 5.56 Å². The first-order valence-electron chi connectivity index (χ1n) is 21.1. The molecule has 5 rings (SSSR count). The van der Waals surface area contributed by atoms with Crippen molar-refractivity contribution in [2.45, 2.75) is 124 Å². The number of hydrogen-bond acceptors (Lipinski definition) is 12. The van der Waals surface area contributed by atoms with Crippen molar-refractivity contribution in [1.29, 1.82) is 0 Å². The van der Waals surface area contributed by atoms with Crippen molar-refractivity contribution in [3.8, 4) is 17.1 Å². The average Bonchev–Trinajstić information content (AvgIpc) is 3.58. The van der Waals surface area contributed by atoms with E-state index in [9.17, 15) is 38.7 Å². The van der Waals surface area contributed by atoms with Crippen LogP contribution in [0.5, 0.6) is 5.75 Å². The Labute approximate surface area is 360 Å². The molecule has 4 atom stereocenters. The SMILES string of the molecule is CCc1c2c(nc3cc(OC(=O)NCCNC(=O)C(C)NC(=O)C(C)NC(=O)CCC(=O)NC(C)CCOCC(C)(C)C)ccc13)-c1cc3c(c(=O)n1C2)COC(=O)C3(O)CC. The first-order chi connectivity index (χ1) is 29.3. The van der Waals surface area contributed by atoms with Gasteiger partial charge in [-0.1, -0.05) is 34.6 Å². The van der Waals surface area contributed by atoms with E-state index in [1.54, 1.807) is 35.8 Å². The van der Waals surface area contributed by atoms with E-state index in [1.807, 2.05) is 13.8 Å². The molecule has 0 aliphatic carbocycles. The molecule has 6 N–H and O–H groups in total. The number of hydrogen-bond donors (Lipinski definition) is 6. The summed E-state index contributed by atoms with van der Waals surface area (Å²) in [4.78, 5) is 93.9. The summed E-state index contributed by atoms with van der Waals surface area (Å²) in [6.45, 7) is 15.8. The number of benzene rings is 1. The zero-order chi connectivity index (χ0) is 45.5. The van der Waals surface area contributed by atoms with Gasteiger partial charge in [0.15, 0.2) is 5.60 Å². The highest BCUT2D eigenvalue weighted by Crippen LogP contribution is 2.40. The van der Waals surface area contributed by atoms with Crippen molar-refractivity contribution < 1.29 is 48.1 Å². The lowest BCUT2D eigenvalue weighted by Crippen LogP contribution is -2.52. The highest BCUT2D eigenvalue weighted by Gasteiger charge is 2.45. The van der Waals surface area contributed by atoms with E-state index < -0.39 is 47.5 Å². The van der Waals surface area contributed by atoms with Gasteiger partial charge in [-0.05, 0) is 69.2 Å². The van der Waals surface area contributed by atoms with Crippen LogP contribution in [0.2, 0.25) is 0 Å². The first-order valence-corrected chi connectivity index (χ1v) is 21.1. The Kier molecular flexibility index (Phi) is 15.1. The van der Waals surface area contributed by atoms with Crippen LogP contribution in [0.1, 0.15) is 103 Å². The van der Waals surface area contributed by atoms with Crippen LogP contribution in [-0.4, -0.2) is 94.8 Å². The monoisotopic (exact) mass is 861 g/mol. The van der Waals surface area contributed by atoms with Crippen LogP contribution in [0.25, 0.3) is 22.3 Å². The summed E-state index contributed by atoms with van der Waals surface area (Å²) in [6, 6.07) is 4.62. The van der Waals surface area contributed by atoms with E-state index in [0.29, 0.717) is 43.0 Å². The highest BCUT2D eigenvalue weighted by molar-refractivity contribution is 5.93. The second-order valence-corrected chi connectivity index (χ2v) is 17.1. The lowest BCUT2D eigenvalue weighted by atomic mass is 9.86. The van der Waals surface area contributed by atoms with E-state index >= 15 is 0 Å². The number of rotatable bonds is 18. The van der Waals surface area contributed by atoms with Gasteiger partial charge >= 0.3 is 12.1 Å². The Hall–Kier alpha value is -5.88. The third-order valence-electron chi connectivity index (χ3n) is 10.8. The zero-order valence-corrected chi connectivity index (χ0v) is 36.7. The smallest absolute Gasteiger partial charge is 0.412 e. The van der Waals surface area contributed by atoms with Gasteiger partial charge in [-0.3, -0.25) is 24.0 Å². The van der Waals surface area contributed by atoms with Crippen LogP contribution in [0.15, 0.2) is 29.1 Å². The molecule has 3 aromatic rings. The van der Waals surface area contributed by atoms with E-state index in [1.165, 1.54) is 13.8 Å². The highest BCUT2D eigenvalue weighted by atomic mass is 16.6. The van der Waals surface area contributed by atoms with Crippen LogP contribution in [0, 0.1) is 5.41 Å². The lowest BCUT2D eigenvalue weighted by Gasteiger charge is -2.31. The molecular weight excluding hydrogens is 803 g/mol. The first kappa shape index (κ1) is 47.2. The van der Waals surface area contributed by atoms with Crippen LogP contribution in [-0.2, 0) is 58.6 Å². The number of aromatic nitrogens is 2. The molecule has 4 heterocycles. The number of cyclic esters (lactones) is 1. The number of aliphatic hydroxyl groups is 1. The number of fused-ring (bicyclic) bond motifs is 5. The molecule has 18 nitrogen and oxygen atoms in total. The molecule has 1 aromatic carbocycles. The van der Waals surface area contributed by atoms with E-state index in [2.05, 4.69) is 47.4 Å². The van der Waals surface area contributed by atoms with Crippen molar-refractivity contribution in [2.75, 3.05) is 26.3 Å². The van der Waals surface area contributed by atoms with E-state index in [0.717, 1.165) is 16.5 Å². The van der Waals surface area contributed by atoms with E-state index in [4.69, 9.17) is 19.2 Å². The summed E-state index contributed by atoms with van der Waals surface area (Å²) in [5.41, 5.74) is 1.51. The van der Waals surface area contributed by atoms with Crippen molar-refractivity contribution in [3.63, 3.8) is 0 Å². The largest absolute Gasteiger partial charge is 0.458 e. The summed E-state index contributed by atoms with van der Waals surface area (Å²) in [7, 11) is 0. The standard InChI is InChI=1S/C44H59N7O11/c1-9-28-29-12-11-27(19-33(29)50-37-30(28)21-51-34(37)20-32-31(40(51)56)22-61-41(57)44(32,59)10-2)62-42(58)46-17-16-45-38(54)25(4)49-39(55)26(5)48-36(53)14-13-35(52)47-24(3)15-18-60-23-43(6,7)8/h11-12,19-20,24-26,59H,9-10,13-18,21-23H2,1-8H3,(H,45,54)(H,46,58)(H,47,52)(H,48,53)(H,49,55). The molecule has 0 bridgehead atoms. The Morgan fingerprint density at radius 2 is 1.60 bits per heavy atom. The lowest BCUT2D eigenvalue weighted by molar-refractivity contribution is -0.172. The molecule has 0 fully saturated rings. The number of esters is 1. The minimum Gasteiger partial charge on any atom is -0.458 e. The van der Waals surface area contributed by atoms with Crippen LogP contribution < -0.4 is 36.9 Å². The summed E-state index contributed by atoms with van der Waals surface area (Å²) in [5, 5.41) is 25.1. The summed E-state index contributed by atoms with van der Waals surface area (Å²) in [5.74, 6) is -2.50. The number of nitrogens with one attached hydrogen (secondary N) is 5. The van der Waals surface area contributed by atoms with Crippen molar-refractivity contribution >= 4 is 46.6 Å². The fourth-order valence-corrected chi connectivity index (χ4v) is 7.33. The Morgan fingerprint density at radius 3 is 2.27 bits per heavy atom. The number of pyridine rings is 2. The number of carbonyl (C=O) groups is 6. The molecule has 2 aromatic heterocycles. The summed E-state index contributed by atoms with van der Waals surface area (Å²) in [6.07, 6.45) is 0.318. The van der Waals surface area contributed by atoms with Crippen LogP contribution in [0.3, 0.4) is 0 Å². The summed E-state index contributed by atoms with van der Waals surface area (Å²) >= 11 is 0. The maximum atomic E-state index is 13.6. The molecule has 62 heavy (non-hydrogen) atoms. The molecule has 0 radical (unpaired) electrons. The molecule has 18 heteroatoms. The van der Waals surface area contributed by atoms with Gasteiger partial charge in [0.2, 0.25) is 23.6 Å². The predicted octanol–water partition coefficient (Wildman–Crippen LogP) is 2.59. The maximum absolute atomic E-state index is 13.6. The normalized spacial score (nSPS) is 16.8. The van der Waals surface area contributed by atoms with Gasteiger partial charge in [-0.2, -0.15) is 0 Å². The van der Waals surface area contributed by atoms with Gasteiger partial charge < -0.3 is 50.5 Å². The zero-order valence-electron chi connectivity index (χ0n) is 36.7. The number of ether oxygens (including phenoxy) is 3. The van der Waals surface area contributed by atoms with Crippen molar-refractivity contribution in [3.05, 3.63) is 56.9 Å². The van der Waals surface area contributed by atoms with Gasteiger partial charge in [0, 0.05) is 61.2 Å². The van der Waals surface area contributed by atoms with Crippen LogP contribution >= 0.6 is 0 Å². The second kappa shape index (κ2) is 19.9. The predicted molar refractivity (Wildman–Crippen MR) is 228 cm³/mol. The molecule has 336 valence electrons. The van der Waals surface area contributed by atoms with Crippen molar-refractivity contribution in [2.24, 2.45) is 5.41 Å². The number of nitrogens with zero attached hydrogens (tertiary/aromatic N) is 2. The van der Waals surface area contributed by atoms with Gasteiger partial charge in [0.05, 0.1) is 35.6 Å². The average molecular weight is 862 g/mol. The number of carbonyl (C=O) groups excluding carboxylic acids is 6. The fraction of sp³-hybridized carbons (Fsp3) is 0.545. The molecule has 2 aliphatic rings. The Balaban J connectivity index is 1.06. The molecule has 5 amide bonds. The minimum absolute atomic E-state index is 0.00185. The molecule has 0 saturated heterocycles. The van der Waals surface area contributed by atoms with Crippen molar-refractivity contribution in [1.82, 2.24) is 36.1 Å². The van der Waals surface area contributed by atoms with E-state index in [-0.39, 0.29) is 85.3 Å². The topological polar surface area (TPSA) is 245 Å². The summed E-state index contributed by atoms with van der Waals surface area (Å²) < 4.78 is 17.9. The number of aryl methyl sites for hydroxylation is 1. The quantitative estimate of drug-likeness (QED) is 0.0625. The minimum atomic E-state index is -1.95. The van der Waals surface area contributed by atoms with Gasteiger partial charge in [-0.15, -0.1) is 0 Å². The molecular formula is C44H59N7O11. The molecule has 4 unspecified atom stereocenters. The third kappa shape index (κ3) is 11.1. The van der Waals surface area contributed by atoms with Crippen LogP contribution in [0.4, 0.5) is 4.79 Å². The molecule has 0 spiro atoms. The third-order valence-corrected chi connectivity index (χ3v) is 10.8. The Morgan fingerprint density at radius 1 is 0.919 bits per heavy atom. The maximum Gasteiger partial charge on any atom is 0.412 e. The molecule has 2 aliphatic heterocycles. The fourth-order valence-electron chi connectivity index (χ4n) is 7.33. The second-order valence-electron chi connectivity index (χ2n) is 17.1. The van der Waals surface area contributed by atoms with Gasteiger partial charge in [0.1, 0.15) is 24.4 Å². The molecule has 0 saturated carbocycles. The van der Waals surface area contributed by atoms with Gasteiger partial charge in [-0.25, -0.2) is 14.6 Å². The number of amides is 5.